The average Bonchev–Trinajstić information content (AvgIpc) is 3.05. The van der Waals surface area contributed by atoms with Crippen LogP contribution < -0.4 is 0 Å². The number of nitrogens with zero attached hydrogens (tertiary/aromatic N) is 4. The van der Waals surface area contributed by atoms with Gasteiger partial charge >= 0.3 is 0 Å². The van der Waals surface area contributed by atoms with Gasteiger partial charge in [0, 0.05) is 37.8 Å². The first-order chi connectivity index (χ1) is 9.45. The summed E-state index contributed by atoms with van der Waals surface area (Å²) in [6, 6.07) is 0.288. The molecule has 0 N–H and O–H groups in total. The van der Waals surface area contributed by atoms with E-state index in [9.17, 15) is 8.42 Å². The summed E-state index contributed by atoms with van der Waals surface area (Å²) >= 11 is 5.63. The van der Waals surface area contributed by atoms with Crippen LogP contribution in [0, 0.1) is 0 Å². The Morgan fingerprint density at radius 1 is 1.50 bits per heavy atom. The first-order valence-corrected chi connectivity index (χ1v) is 8.67. The van der Waals surface area contributed by atoms with Gasteiger partial charge in [0.1, 0.15) is 4.90 Å². The molecule has 6 nitrogen and oxygen atoms in total. The largest absolute Gasteiger partial charge is 0.305 e. The number of hydrogen-bond acceptors (Lipinski definition) is 4. The molecule has 2 heterocycles. The molecule has 1 aliphatic heterocycles. The fraction of sp³-hybridized carbons (Fsp3) is 0.750. The minimum absolute atomic E-state index is 0.270. The zero-order valence-corrected chi connectivity index (χ0v) is 13.4. The summed E-state index contributed by atoms with van der Waals surface area (Å²) in [6.07, 6.45) is 4.65. The third-order valence-electron chi connectivity index (χ3n) is 3.62. The Bertz CT molecular complexity index is 543. The van der Waals surface area contributed by atoms with Crippen molar-refractivity contribution >= 4 is 21.6 Å². The van der Waals surface area contributed by atoms with Gasteiger partial charge < -0.3 is 4.90 Å². The van der Waals surface area contributed by atoms with E-state index in [1.54, 1.807) is 15.2 Å². The van der Waals surface area contributed by atoms with Gasteiger partial charge in [-0.2, -0.15) is 9.40 Å². The van der Waals surface area contributed by atoms with Crippen LogP contribution in [0.25, 0.3) is 0 Å². The molecule has 1 fully saturated rings. The highest BCUT2D eigenvalue weighted by Gasteiger charge is 2.34. The molecular formula is C12H21ClN4O2S. The maximum atomic E-state index is 12.5. The van der Waals surface area contributed by atoms with Crippen LogP contribution in [0.1, 0.15) is 12.8 Å². The lowest BCUT2D eigenvalue weighted by Gasteiger charge is -2.19. The topological polar surface area (TPSA) is 58.4 Å². The highest BCUT2D eigenvalue weighted by atomic mass is 35.5. The molecule has 8 heteroatoms. The van der Waals surface area contributed by atoms with Crippen molar-refractivity contribution in [1.82, 2.24) is 19.0 Å². The molecule has 1 unspecified atom stereocenters. The summed E-state index contributed by atoms with van der Waals surface area (Å²) in [7, 11) is 0.535. The molecule has 0 spiro atoms. The molecule has 0 aromatic carbocycles. The molecule has 0 aliphatic carbocycles. The lowest BCUT2D eigenvalue weighted by Crippen LogP contribution is -2.34. The average molecular weight is 321 g/mol. The molecule has 0 amide bonds. The second-order valence-corrected chi connectivity index (χ2v) is 7.57. The van der Waals surface area contributed by atoms with E-state index in [1.165, 1.54) is 6.20 Å². The van der Waals surface area contributed by atoms with Crippen LogP contribution in [0.15, 0.2) is 17.3 Å². The zero-order valence-electron chi connectivity index (χ0n) is 11.9. The summed E-state index contributed by atoms with van der Waals surface area (Å²) in [6.45, 7) is 1.75. The molecular weight excluding hydrogens is 300 g/mol. The summed E-state index contributed by atoms with van der Waals surface area (Å²) in [5, 5.41) is 4.09. The second-order valence-electron chi connectivity index (χ2n) is 5.25. The fourth-order valence-corrected chi connectivity index (χ4v) is 3.89. The van der Waals surface area contributed by atoms with Crippen LogP contribution in [0.3, 0.4) is 0 Å². The number of aryl methyl sites for hydroxylation is 1. The number of aromatic nitrogens is 2. The van der Waals surface area contributed by atoms with E-state index < -0.39 is 10.0 Å². The van der Waals surface area contributed by atoms with Crippen molar-refractivity contribution < 1.29 is 8.42 Å². The van der Waals surface area contributed by atoms with E-state index in [-0.39, 0.29) is 10.9 Å². The first kappa shape index (κ1) is 15.8. The zero-order chi connectivity index (χ0) is 14.8. The van der Waals surface area contributed by atoms with Crippen LogP contribution in [-0.2, 0) is 16.6 Å². The van der Waals surface area contributed by atoms with Crippen molar-refractivity contribution in [3.05, 3.63) is 12.4 Å². The summed E-state index contributed by atoms with van der Waals surface area (Å²) in [5.74, 6) is 0.540. The van der Waals surface area contributed by atoms with Crippen LogP contribution >= 0.6 is 11.6 Å². The van der Waals surface area contributed by atoms with E-state index in [0.717, 1.165) is 12.8 Å². The van der Waals surface area contributed by atoms with Crippen molar-refractivity contribution in [3.8, 4) is 0 Å². The van der Waals surface area contributed by atoms with Gasteiger partial charge in [-0.05, 0) is 26.9 Å². The van der Waals surface area contributed by atoms with Gasteiger partial charge in [-0.3, -0.25) is 4.68 Å². The molecule has 1 atom stereocenters. The standard InChI is InChI=1S/C12H21ClN4O2S/c1-15(2)11-4-7-17(9-11)20(18,19)12-8-14-16(10-12)6-3-5-13/h8,10-11H,3-7,9H2,1-2H3. The normalized spacial score (nSPS) is 20.9. The highest BCUT2D eigenvalue weighted by Crippen LogP contribution is 2.22. The smallest absolute Gasteiger partial charge is 0.246 e. The van der Waals surface area contributed by atoms with Crippen LogP contribution in [0.4, 0.5) is 0 Å². The molecule has 114 valence electrons. The molecule has 1 aliphatic rings. The van der Waals surface area contributed by atoms with E-state index in [2.05, 4.69) is 10.00 Å². The Balaban J connectivity index is 2.09. The van der Waals surface area contributed by atoms with E-state index in [0.29, 0.717) is 25.5 Å². The van der Waals surface area contributed by atoms with Crippen molar-refractivity contribution in [3.63, 3.8) is 0 Å². The van der Waals surface area contributed by atoms with Crippen LogP contribution in [-0.4, -0.2) is 66.5 Å². The lowest BCUT2D eigenvalue weighted by atomic mass is 10.2. The van der Waals surface area contributed by atoms with E-state index in [1.807, 2.05) is 14.1 Å². The molecule has 20 heavy (non-hydrogen) atoms. The number of alkyl halides is 1. The number of likely N-dealkylation sites (N-methyl/N-ethyl adjacent to an activating group) is 1. The first-order valence-electron chi connectivity index (χ1n) is 6.70. The fourth-order valence-electron chi connectivity index (χ4n) is 2.32. The molecule has 0 saturated carbocycles. The van der Waals surface area contributed by atoms with Gasteiger partial charge in [0.2, 0.25) is 10.0 Å². The van der Waals surface area contributed by atoms with Crippen molar-refractivity contribution in [2.75, 3.05) is 33.1 Å². The number of halogens is 1. The second kappa shape index (κ2) is 6.43. The maximum Gasteiger partial charge on any atom is 0.246 e. The number of rotatable bonds is 6. The predicted octanol–water partition coefficient (Wildman–Crippen LogP) is 0.837. The Kier molecular flexibility index (Phi) is 5.06. The number of hydrogen-bond donors (Lipinski definition) is 0. The molecule has 2 rings (SSSR count). The Morgan fingerprint density at radius 3 is 2.85 bits per heavy atom. The summed E-state index contributed by atoms with van der Waals surface area (Å²) in [5.41, 5.74) is 0. The van der Waals surface area contributed by atoms with Gasteiger partial charge in [-0.25, -0.2) is 8.42 Å². The highest BCUT2D eigenvalue weighted by molar-refractivity contribution is 7.89. The third-order valence-corrected chi connectivity index (χ3v) is 5.71. The lowest BCUT2D eigenvalue weighted by molar-refractivity contribution is 0.302. The molecule has 0 bridgehead atoms. The predicted molar refractivity (Wildman–Crippen MR) is 78.4 cm³/mol. The van der Waals surface area contributed by atoms with Gasteiger partial charge in [-0.15, -0.1) is 11.6 Å². The van der Waals surface area contributed by atoms with Crippen molar-refractivity contribution in [1.29, 1.82) is 0 Å². The van der Waals surface area contributed by atoms with Crippen molar-refractivity contribution in [2.45, 2.75) is 30.3 Å². The molecule has 1 aromatic rings. The quantitative estimate of drug-likeness (QED) is 0.729. The van der Waals surface area contributed by atoms with Crippen LogP contribution in [0.2, 0.25) is 0 Å². The SMILES string of the molecule is CN(C)C1CCN(S(=O)(=O)c2cnn(CCCCl)c2)C1. The maximum absolute atomic E-state index is 12.5. The third kappa shape index (κ3) is 3.33. The van der Waals surface area contributed by atoms with Gasteiger partial charge in [0.15, 0.2) is 0 Å². The summed E-state index contributed by atoms with van der Waals surface area (Å²) in [4.78, 5) is 2.34. The molecule has 0 radical (unpaired) electrons. The molecule has 1 aromatic heterocycles. The van der Waals surface area contributed by atoms with Gasteiger partial charge in [0.25, 0.3) is 0 Å². The summed E-state index contributed by atoms with van der Waals surface area (Å²) < 4.78 is 28.2. The Labute approximate surface area is 125 Å². The Morgan fingerprint density at radius 2 is 2.25 bits per heavy atom. The molecule has 1 saturated heterocycles. The van der Waals surface area contributed by atoms with E-state index in [4.69, 9.17) is 11.6 Å². The monoisotopic (exact) mass is 320 g/mol. The number of sulfonamides is 1. The van der Waals surface area contributed by atoms with Gasteiger partial charge in [0.05, 0.1) is 6.20 Å². The minimum atomic E-state index is -3.42. The minimum Gasteiger partial charge on any atom is -0.305 e. The van der Waals surface area contributed by atoms with Gasteiger partial charge in [-0.1, -0.05) is 0 Å². The van der Waals surface area contributed by atoms with Crippen molar-refractivity contribution in [2.24, 2.45) is 0 Å². The van der Waals surface area contributed by atoms with E-state index >= 15 is 0 Å². The van der Waals surface area contributed by atoms with Crippen LogP contribution in [0.5, 0.6) is 0 Å². The Hall–Kier alpha value is -0.630.